The van der Waals surface area contributed by atoms with Crippen LogP contribution in [0.1, 0.15) is 20.8 Å². The maximum absolute atomic E-state index is 12.8. The highest BCUT2D eigenvalue weighted by molar-refractivity contribution is 6.25. The smallest absolute Gasteiger partial charge is 0.405 e. The van der Waals surface area contributed by atoms with Gasteiger partial charge in [0.1, 0.15) is 0 Å². The predicted octanol–water partition coefficient (Wildman–Crippen LogP) is 0.0330. The van der Waals surface area contributed by atoms with E-state index in [1.165, 1.54) is 14.0 Å². The van der Waals surface area contributed by atoms with E-state index in [1.807, 2.05) is 13.8 Å². The lowest BCUT2D eigenvalue weighted by Gasteiger charge is -2.40. The third-order valence-corrected chi connectivity index (χ3v) is 5.57. The first kappa shape index (κ1) is 16.5. The fraction of sp³-hybridized carbons (Fsp3) is 0.562. The molecule has 130 valence electrons. The van der Waals surface area contributed by atoms with Gasteiger partial charge in [0.15, 0.2) is 11.8 Å². The van der Waals surface area contributed by atoms with Crippen LogP contribution in [0.5, 0.6) is 0 Å². The van der Waals surface area contributed by atoms with Crippen molar-refractivity contribution in [3.05, 3.63) is 22.5 Å². The Balaban J connectivity index is 2.24. The molecule has 0 saturated carbocycles. The van der Waals surface area contributed by atoms with Crippen molar-refractivity contribution in [1.29, 1.82) is 0 Å². The van der Waals surface area contributed by atoms with Crippen molar-refractivity contribution >= 4 is 17.7 Å². The maximum Gasteiger partial charge on any atom is 0.405 e. The predicted molar refractivity (Wildman–Crippen MR) is 83.2 cm³/mol. The van der Waals surface area contributed by atoms with Crippen LogP contribution in [0.4, 0.5) is 4.79 Å². The summed E-state index contributed by atoms with van der Waals surface area (Å²) in [6, 6.07) is 0. The molecule has 1 fully saturated rings. The van der Waals surface area contributed by atoms with E-state index in [0.717, 1.165) is 0 Å². The van der Waals surface area contributed by atoms with Crippen molar-refractivity contribution in [2.45, 2.75) is 32.6 Å². The number of hydrogen-bond acceptors (Lipinski definition) is 7. The van der Waals surface area contributed by atoms with Gasteiger partial charge in [0, 0.05) is 25.1 Å². The topological polar surface area (TPSA) is 125 Å². The lowest BCUT2D eigenvalue weighted by molar-refractivity contribution is -0.167. The van der Waals surface area contributed by atoms with Crippen LogP contribution < -0.4 is 11.5 Å². The normalized spacial score (nSPS) is 35.5. The Morgan fingerprint density at radius 2 is 1.92 bits per heavy atom. The van der Waals surface area contributed by atoms with Gasteiger partial charge < -0.3 is 25.8 Å². The number of allylic oxidation sites excluding steroid dienone is 2. The van der Waals surface area contributed by atoms with Crippen molar-refractivity contribution in [2.24, 2.45) is 23.3 Å². The molecular weight excluding hydrogens is 314 g/mol. The number of fused-ring (bicyclic) bond motifs is 2. The number of ketones is 2. The van der Waals surface area contributed by atoms with E-state index in [1.54, 1.807) is 4.90 Å². The number of Topliss-reactive ketones (excluding diaryl/α,β-unsaturated/α-hetero) is 2. The van der Waals surface area contributed by atoms with Gasteiger partial charge in [0.2, 0.25) is 11.6 Å². The summed E-state index contributed by atoms with van der Waals surface area (Å²) in [7, 11) is 1.47. The Morgan fingerprint density at radius 3 is 2.46 bits per heavy atom. The first-order valence-corrected chi connectivity index (χ1v) is 7.77. The Kier molecular flexibility index (Phi) is 3.49. The van der Waals surface area contributed by atoms with Crippen molar-refractivity contribution in [2.75, 3.05) is 13.7 Å². The molecular formula is C16H21N3O5. The number of nitrogens with two attached hydrogens (primary N) is 2. The summed E-state index contributed by atoms with van der Waals surface area (Å²) in [5, 5.41) is 0. The number of primary amides is 1. The third-order valence-electron chi connectivity index (χ3n) is 5.57. The van der Waals surface area contributed by atoms with Crippen LogP contribution >= 0.6 is 0 Å². The van der Waals surface area contributed by atoms with Gasteiger partial charge >= 0.3 is 6.09 Å². The molecule has 2 heterocycles. The van der Waals surface area contributed by atoms with Gasteiger partial charge in [-0.05, 0) is 12.8 Å². The zero-order chi connectivity index (χ0) is 18.0. The fourth-order valence-electron chi connectivity index (χ4n) is 4.11. The summed E-state index contributed by atoms with van der Waals surface area (Å²) in [4.78, 5) is 38.7. The van der Waals surface area contributed by atoms with Gasteiger partial charge in [-0.3, -0.25) is 9.59 Å². The summed E-state index contributed by atoms with van der Waals surface area (Å²) in [5.74, 6) is -0.816. The number of carbonyl (C=O) groups is 3. The number of carbonyl (C=O) groups excluding carboxylic acids is 3. The Hall–Kier alpha value is -2.35. The second-order valence-corrected chi connectivity index (χ2v) is 6.61. The molecule has 1 amide bonds. The minimum Gasteiger partial charge on any atom is -0.436 e. The lowest BCUT2D eigenvalue weighted by Crippen LogP contribution is -2.55. The Morgan fingerprint density at radius 1 is 1.29 bits per heavy atom. The molecule has 4 N–H and O–H groups in total. The maximum atomic E-state index is 12.8. The zero-order valence-electron chi connectivity index (χ0n) is 14.1. The Labute approximate surface area is 139 Å². The quantitative estimate of drug-likeness (QED) is 0.682. The largest absolute Gasteiger partial charge is 0.436 e. The molecule has 3 rings (SSSR count). The van der Waals surface area contributed by atoms with E-state index < -0.39 is 23.7 Å². The molecule has 3 aliphatic rings. The van der Waals surface area contributed by atoms with E-state index >= 15 is 0 Å². The zero-order valence-corrected chi connectivity index (χ0v) is 14.1. The average molecular weight is 335 g/mol. The van der Waals surface area contributed by atoms with Gasteiger partial charge in [0.05, 0.1) is 17.0 Å². The number of ether oxygens (including phenoxy) is 2. The number of rotatable bonds is 2. The summed E-state index contributed by atoms with van der Waals surface area (Å²) in [6.07, 6.45) is -2.14. The van der Waals surface area contributed by atoms with Gasteiger partial charge in [-0.15, -0.1) is 0 Å². The van der Waals surface area contributed by atoms with Crippen molar-refractivity contribution in [1.82, 2.24) is 4.90 Å². The second-order valence-electron chi connectivity index (χ2n) is 6.61. The summed E-state index contributed by atoms with van der Waals surface area (Å²) in [5.41, 5.74) is 10.2. The van der Waals surface area contributed by atoms with Gasteiger partial charge in [0.25, 0.3) is 0 Å². The van der Waals surface area contributed by atoms with Crippen LogP contribution in [0, 0.1) is 11.8 Å². The minimum absolute atomic E-state index is 0.0579. The van der Waals surface area contributed by atoms with Gasteiger partial charge in [-0.2, -0.15) is 0 Å². The molecule has 8 nitrogen and oxygen atoms in total. The van der Waals surface area contributed by atoms with Crippen molar-refractivity contribution in [3.8, 4) is 0 Å². The number of amides is 1. The highest BCUT2D eigenvalue weighted by atomic mass is 16.6. The summed E-state index contributed by atoms with van der Waals surface area (Å²) < 4.78 is 11.0. The SMILES string of the molecule is CO[C@@]12[C@H](OC(N)=O)C3=C(C(=O)C(C)=C(N)C3=O)N1C[C@H](C)[C@@H]2C. The van der Waals surface area contributed by atoms with E-state index in [-0.39, 0.29) is 40.2 Å². The molecule has 0 aromatic carbocycles. The standard InChI is InChI=1S/C16H21N3O5/c1-6-5-19-11-9(13(21)10(17)7(2)12(11)20)14(24-15(18)22)16(19,23-4)8(6)3/h6,8,14H,5,17H2,1-4H3,(H2,18,22)/t6-,8-,14+,16-/m0/s1. The second kappa shape index (κ2) is 5.07. The molecule has 0 unspecified atom stereocenters. The molecule has 0 aromatic rings. The molecule has 1 aliphatic carbocycles. The molecule has 1 saturated heterocycles. The highest BCUT2D eigenvalue weighted by Gasteiger charge is 2.66. The Bertz CT molecular complexity index is 725. The van der Waals surface area contributed by atoms with Crippen LogP contribution in [0.25, 0.3) is 0 Å². The molecule has 0 radical (unpaired) electrons. The van der Waals surface area contributed by atoms with Crippen LogP contribution in [0.2, 0.25) is 0 Å². The van der Waals surface area contributed by atoms with Crippen molar-refractivity contribution in [3.63, 3.8) is 0 Å². The fourth-order valence-corrected chi connectivity index (χ4v) is 4.11. The average Bonchev–Trinajstić information content (AvgIpc) is 2.94. The van der Waals surface area contributed by atoms with Gasteiger partial charge in [-0.25, -0.2) is 4.79 Å². The van der Waals surface area contributed by atoms with E-state index in [0.29, 0.717) is 6.54 Å². The molecule has 2 aliphatic heterocycles. The molecule has 0 spiro atoms. The molecule has 0 aromatic heterocycles. The van der Waals surface area contributed by atoms with Gasteiger partial charge in [-0.1, -0.05) is 13.8 Å². The minimum atomic E-state index is -1.14. The van der Waals surface area contributed by atoms with E-state index in [4.69, 9.17) is 20.9 Å². The number of methoxy groups -OCH3 is 1. The molecule has 8 heteroatoms. The number of nitrogens with zero attached hydrogens (tertiary/aromatic N) is 1. The van der Waals surface area contributed by atoms with E-state index in [2.05, 4.69) is 0 Å². The number of hydrogen-bond donors (Lipinski definition) is 2. The lowest BCUT2D eigenvalue weighted by atomic mass is 9.82. The molecule has 4 atom stereocenters. The van der Waals surface area contributed by atoms with E-state index in [9.17, 15) is 14.4 Å². The first-order chi connectivity index (χ1) is 11.2. The van der Waals surface area contributed by atoms with Crippen LogP contribution in [-0.2, 0) is 19.1 Å². The molecule has 24 heavy (non-hydrogen) atoms. The molecule has 0 bridgehead atoms. The third kappa shape index (κ3) is 1.74. The highest BCUT2D eigenvalue weighted by Crippen LogP contribution is 2.53. The van der Waals surface area contributed by atoms with Crippen LogP contribution in [0.3, 0.4) is 0 Å². The van der Waals surface area contributed by atoms with Crippen molar-refractivity contribution < 1.29 is 23.9 Å². The van der Waals surface area contributed by atoms with Crippen LogP contribution in [0.15, 0.2) is 22.5 Å². The van der Waals surface area contributed by atoms with Crippen LogP contribution in [-0.4, -0.2) is 48.0 Å². The summed E-state index contributed by atoms with van der Waals surface area (Å²) in [6.45, 7) is 5.96. The first-order valence-electron chi connectivity index (χ1n) is 7.77. The monoisotopic (exact) mass is 335 g/mol. The summed E-state index contributed by atoms with van der Waals surface area (Å²) >= 11 is 0.